The minimum absolute atomic E-state index is 0.0175. The number of nitro benzene ring substituents is 1. The molecule has 0 aromatic heterocycles. The number of hydrogen-bond donors (Lipinski definition) is 1. The lowest BCUT2D eigenvalue weighted by molar-refractivity contribution is -0.384. The van der Waals surface area contributed by atoms with Gasteiger partial charge in [-0.05, 0) is 68.3 Å². The van der Waals surface area contributed by atoms with Crippen LogP contribution in [0.5, 0.6) is 0 Å². The Morgan fingerprint density at radius 2 is 1.79 bits per heavy atom. The molecule has 6 rings (SSSR count). The van der Waals surface area contributed by atoms with Gasteiger partial charge in [0, 0.05) is 24.1 Å². The molecule has 4 aliphatic carbocycles. The first-order chi connectivity index (χ1) is 13.4. The summed E-state index contributed by atoms with van der Waals surface area (Å²) in [4.78, 5) is 38.0. The van der Waals surface area contributed by atoms with E-state index in [1.807, 2.05) is 0 Å². The van der Waals surface area contributed by atoms with Crippen LogP contribution in [0.15, 0.2) is 18.2 Å². The van der Waals surface area contributed by atoms with Crippen molar-refractivity contribution in [3.8, 4) is 0 Å². The highest BCUT2D eigenvalue weighted by Crippen LogP contribution is 2.60. The van der Waals surface area contributed by atoms with Crippen LogP contribution in [0.4, 0.5) is 11.4 Å². The first-order valence-electron chi connectivity index (χ1n) is 10.3. The fraction of sp³-hybridized carbons (Fsp3) is 0.619. The maximum atomic E-state index is 13.0. The first-order valence-corrected chi connectivity index (χ1v) is 10.3. The molecular formula is C21H25N3O4. The topological polar surface area (TPSA) is 92.6 Å². The van der Waals surface area contributed by atoms with Gasteiger partial charge in [0.05, 0.1) is 17.2 Å². The predicted molar refractivity (Wildman–Crippen MR) is 103 cm³/mol. The lowest BCUT2D eigenvalue weighted by Gasteiger charge is -2.55. The molecule has 0 radical (unpaired) electrons. The standard InChI is InChI=1S/C21H25N3O4/c25-19(23-4-3-16-1-2-17(24(27)28)8-18(16)23)12-22-20(26)21-9-13-5-14(10-21)7-15(6-13)11-21/h1-2,8,13-15H,3-7,9-12H2,(H,22,26). The van der Waals surface area contributed by atoms with Gasteiger partial charge in [0.25, 0.3) is 5.69 Å². The summed E-state index contributed by atoms with van der Waals surface area (Å²) < 4.78 is 0. The molecule has 2 amide bonds. The average Bonchev–Trinajstić information content (AvgIpc) is 3.08. The van der Waals surface area contributed by atoms with Crippen molar-refractivity contribution in [2.24, 2.45) is 23.2 Å². The van der Waals surface area contributed by atoms with Crippen molar-refractivity contribution in [1.82, 2.24) is 5.32 Å². The molecule has 28 heavy (non-hydrogen) atoms. The third-order valence-corrected chi connectivity index (χ3v) is 7.40. The summed E-state index contributed by atoms with van der Waals surface area (Å²) in [5, 5.41) is 14.0. The van der Waals surface area contributed by atoms with Crippen LogP contribution in [-0.2, 0) is 16.0 Å². The highest BCUT2D eigenvalue weighted by Gasteiger charge is 2.54. The van der Waals surface area contributed by atoms with Gasteiger partial charge in [-0.2, -0.15) is 0 Å². The zero-order valence-electron chi connectivity index (χ0n) is 15.9. The summed E-state index contributed by atoms with van der Waals surface area (Å²) >= 11 is 0. The van der Waals surface area contributed by atoms with E-state index < -0.39 is 4.92 Å². The van der Waals surface area contributed by atoms with E-state index >= 15 is 0 Å². The Kier molecular flexibility index (Phi) is 3.96. The van der Waals surface area contributed by atoms with Crippen LogP contribution < -0.4 is 10.2 Å². The lowest BCUT2D eigenvalue weighted by atomic mass is 9.49. The smallest absolute Gasteiger partial charge is 0.271 e. The molecule has 7 nitrogen and oxygen atoms in total. The van der Waals surface area contributed by atoms with Crippen molar-refractivity contribution in [2.75, 3.05) is 18.0 Å². The molecule has 0 spiro atoms. The van der Waals surface area contributed by atoms with Gasteiger partial charge in [-0.1, -0.05) is 6.07 Å². The van der Waals surface area contributed by atoms with Gasteiger partial charge in [0.15, 0.2) is 0 Å². The summed E-state index contributed by atoms with van der Waals surface area (Å²) in [5.41, 5.74) is 1.25. The summed E-state index contributed by atoms with van der Waals surface area (Å²) in [6.07, 6.45) is 7.41. The van der Waals surface area contributed by atoms with Gasteiger partial charge in [-0.3, -0.25) is 19.7 Å². The Morgan fingerprint density at radius 3 is 2.39 bits per heavy atom. The molecule has 4 fully saturated rings. The fourth-order valence-electron chi connectivity index (χ4n) is 6.57. The molecular weight excluding hydrogens is 358 g/mol. The normalized spacial score (nSPS) is 32.3. The van der Waals surface area contributed by atoms with E-state index in [-0.39, 0.29) is 29.5 Å². The van der Waals surface area contributed by atoms with Gasteiger partial charge >= 0.3 is 0 Å². The molecule has 4 saturated carbocycles. The molecule has 4 bridgehead atoms. The van der Waals surface area contributed by atoms with Crippen LogP contribution >= 0.6 is 0 Å². The largest absolute Gasteiger partial charge is 0.347 e. The maximum Gasteiger partial charge on any atom is 0.271 e. The number of nitro groups is 1. The van der Waals surface area contributed by atoms with Crippen LogP contribution in [-0.4, -0.2) is 29.8 Å². The van der Waals surface area contributed by atoms with Crippen LogP contribution in [0, 0.1) is 33.3 Å². The van der Waals surface area contributed by atoms with E-state index in [4.69, 9.17) is 0 Å². The number of non-ortho nitro benzene ring substituents is 1. The van der Waals surface area contributed by atoms with E-state index in [1.165, 1.54) is 31.4 Å². The second kappa shape index (κ2) is 6.29. The fourth-order valence-corrected chi connectivity index (χ4v) is 6.57. The molecule has 0 saturated heterocycles. The monoisotopic (exact) mass is 383 g/mol. The summed E-state index contributed by atoms with van der Waals surface area (Å²) in [5.74, 6) is 1.88. The Hall–Kier alpha value is -2.44. The molecule has 5 aliphatic rings. The number of fused-ring (bicyclic) bond motifs is 1. The van der Waals surface area contributed by atoms with Crippen LogP contribution in [0.25, 0.3) is 0 Å². The van der Waals surface area contributed by atoms with Crippen molar-refractivity contribution < 1.29 is 14.5 Å². The second-order valence-corrected chi connectivity index (χ2v) is 9.25. The van der Waals surface area contributed by atoms with Crippen molar-refractivity contribution >= 4 is 23.2 Å². The van der Waals surface area contributed by atoms with E-state index in [0.717, 1.165) is 24.8 Å². The summed E-state index contributed by atoms with van der Waals surface area (Å²) in [6.45, 7) is 0.464. The first kappa shape index (κ1) is 17.6. The molecule has 148 valence electrons. The number of rotatable bonds is 4. The van der Waals surface area contributed by atoms with Crippen molar-refractivity contribution in [2.45, 2.75) is 44.9 Å². The predicted octanol–water partition coefficient (Wildman–Crippen LogP) is 2.82. The maximum absolute atomic E-state index is 13.0. The molecule has 0 unspecified atom stereocenters. The van der Waals surface area contributed by atoms with Gasteiger partial charge < -0.3 is 10.2 Å². The highest BCUT2D eigenvalue weighted by atomic mass is 16.6. The Balaban J connectivity index is 1.26. The number of carbonyl (C=O) groups excluding carboxylic acids is 2. The Morgan fingerprint density at radius 1 is 1.14 bits per heavy atom. The Bertz CT molecular complexity index is 830. The minimum Gasteiger partial charge on any atom is -0.347 e. The number of carbonyl (C=O) groups is 2. The van der Waals surface area contributed by atoms with Crippen LogP contribution in [0.1, 0.15) is 44.1 Å². The molecule has 1 aromatic carbocycles. The zero-order chi connectivity index (χ0) is 19.5. The molecule has 7 heteroatoms. The number of hydrogen-bond acceptors (Lipinski definition) is 4. The van der Waals surface area contributed by atoms with Crippen LogP contribution in [0.3, 0.4) is 0 Å². The second-order valence-electron chi connectivity index (χ2n) is 9.25. The zero-order valence-corrected chi connectivity index (χ0v) is 15.9. The third-order valence-electron chi connectivity index (χ3n) is 7.40. The van der Waals surface area contributed by atoms with Crippen molar-refractivity contribution in [3.63, 3.8) is 0 Å². The van der Waals surface area contributed by atoms with E-state index in [2.05, 4.69) is 5.32 Å². The SMILES string of the molecule is O=C(CNC(=O)C12CC3CC(CC(C3)C1)C2)N1CCc2ccc([N+](=O)[O-])cc21. The van der Waals surface area contributed by atoms with E-state index in [9.17, 15) is 19.7 Å². The van der Waals surface area contributed by atoms with Gasteiger partial charge in [0.1, 0.15) is 0 Å². The van der Waals surface area contributed by atoms with Crippen molar-refractivity contribution in [3.05, 3.63) is 33.9 Å². The third kappa shape index (κ3) is 2.79. The molecule has 1 aromatic rings. The van der Waals surface area contributed by atoms with Gasteiger partial charge in [0.2, 0.25) is 11.8 Å². The summed E-state index contributed by atoms with van der Waals surface area (Å²) in [7, 11) is 0. The lowest BCUT2D eigenvalue weighted by Crippen LogP contribution is -2.54. The Labute approximate surface area is 163 Å². The van der Waals surface area contributed by atoms with E-state index in [1.54, 1.807) is 11.0 Å². The van der Waals surface area contributed by atoms with Gasteiger partial charge in [-0.25, -0.2) is 0 Å². The quantitative estimate of drug-likeness (QED) is 0.639. The number of nitrogens with one attached hydrogen (secondary N) is 1. The number of anilines is 1. The van der Waals surface area contributed by atoms with Gasteiger partial charge in [-0.15, -0.1) is 0 Å². The van der Waals surface area contributed by atoms with Crippen molar-refractivity contribution in [1.29, 1.82) is 0 Å². The molecule has 1 heterocycles. The van der Waals surface area contributed by atoms with Crippen LogP contribution in [0.2, 0.25) is 0 Å². The highest BCUT2D eigenvalue weighted by molar-refractivity contribution is 5.99. The molecule has 1 N–H and O–H groups in total. The number of nitrogens with zero attached hydrogens (tertiary/aromatic N) is 2. The number of benzene rings is 1. The molecule has 0 atom stereocenters. The number of amides is 2. The minimum atomic E-state index is -0.448. The average molecular weight is 383 g/mol. The van der Waals surface area contributed by atoms with E-state index in [0.29, 0.717) is 36.4 Å². The summed E-state index contributed by atoms with van der Waals surface area (Å²) in [6, 6.07) is 4.65. The molecule has 1 aliphatic heterocycles.